The van der Waals surface area contributed by atoms with Gasteiger partial charge >= 0.3 is 5.69 Å². The van der Waals surface area contributed by atoms with E-state index in [-0.39, 0.29) is 11.7 Å². The van der Waals surface area contributed by atoms with E-state index in [0.29, 0.717) is 33.6 Å². The summed E-state index contributed by atoms with van der Waals surface area (Å²) in [6, 6.07) is 9.72. The van der Waals surface area contributed by atoms with Crippen molar-refractivity contribution in [3.05, 3.63) is 57.0 Å². The molecule has 0 atom stereocenters. The summed E-state index contributed by atoms with van der Waals surface area (Å²) in [6.07, 6.45) is 1.52. The Balaban J connectivity index is 1.98. The lowest BCUT2D eigenvalue weighted by atomic mass is 10.1. The summed E-state index contributed by atoms with van der Waals surface area (Å²) in [6.45, 7) is 2.25. The highest BCUT2D eigenvalue weighted by atomic mass is 32.2. The first-order valence-corrected chi connectivity index (χ1v) is 9.69. The number of likely N-dealkylation sites (N-methyl/N-ethyl adjacent to an activating group) is 1. The number of nitro benzene ring substituents is 1. The number of phenolic OH excluding ortho intramolecular Hbond substituents is 1. The van der Waals surface area contributed by atoms with Gasteiger partial charge in [0.1, 0.15) is 5.75 Å². The molecule has 10 heteroatoms. The first-order valence-electron chi connectivity index (χ1n) is 8.87. The topological polar surface area (TPSA) is 114 Å². The summed E-state index contributed by atoms with van der Waals surface area (Å²) in [5.74, 6) is -0.174. The van der Waals surface area contributed by atoms with Gasteiger partial charge in [-0.25, -0.2) is 4.99 Å². The Morgan fingerprint density at radius 3 is 2.50 bits per heavy atom. The van der Waals surface area contributed by atoms with Gasteiger partial charge in [0.15, 0.2) is 10.9 Å². The monoisotopic (exact) mass is 429 g/mol. The molecule has 2 aromatic carbocycles. The molecule has 0 radical (unpaired) electrons. The summed E-state index contributed by atoms with van der Waals surface area (Å²) in [5, 5.41) is 21.6. The van der Waals surface area contributed by atoms with Gasteiger partial charge in [-0.1, -0.05) is 0 Å². The molecule has 0 aliphatic carbocycles. The number of hydrogen-bond donors (Lipinski definition) is 1. The lowest BCUT2D eigenvalue weighted by Crippen LogP contribution is -2.28. The second kappa shape index (κ2) is 8.87. The Labute approximate surface area is 176 Å². The number of phenols is 1. The molecule has 1 heterocycles. The van der Waals surface area contributed by atoms with Crippen LogP contribution in [0.4, 0.5) is 11.4 Å². The molecule has 3 rings (SSSR count). The van der Waals surface area contributed by atoms with Crippen LogP contribution in [0.5, 0.6) is 17.2 Å². The number of thioether (sulfide) groups is 1. The van der Waals surface area contributed by atoms with Crippen LogP contribution in [-0.4, -0.2) is 46.8 Å². The smallest absolute Gasteiger partial charge is 0.315 e. The van der Waals surface area contributed by atoms with Gasteiger partial charge in [0.05, 0.1) is 29.7 Å². The number of rotatable bonds is 6. The van der Waals surface area contributed by atoms with Gasteiger partial charge in [0.25, 0.3) is 5.91 Å². The van der Waals surface area contributed by atoms with E-state index in [1.807, 2.05) is 6.92 Å². The van der Waals surface area contributed by atoms with Gasteiger partial charge in [-0.3, -0.25) is 19.8 Å². The number of ether oxygens (including phenoxy) is 2. The van der Waals surface area contributed by atoms with Gasteiger partial charge in [-0.05, 0) is 60.7 Å². The largest absolute Gasteiger partial charge is 0.500 e. The molecular formula is C20H19N3O6S. The van der Waals surface area contributed by atoms with Gasteiger partial charge in [-0.2, -0.15) is 0 Å². The zero-order valence-electron chi connectivity index (χ0n) is 16.5. The van der Waals surface area contributed by atoms with Gasteiger partial charge in [0.2, 0.25) is 5.75 Å². The normalized spacial score (nSPS) is 16.4. The molecule has 1 N–H and O–H groups in total. The summed E-state index contributed by atoms with van der Waals surface area (Å²) in [4.78, 5) is 29.7. The molecule has 1 saturated heterocycles. The highest BCUT2D eigenvalue weighted by Crippen LogP contribution is 2.39. The van der Waals surface area contributed by atoms with Crippen molar-refractivity contribution in [1.82, 2.24) is 4.90 Å². The van der Waals surface area contributed by atoms with Crippen molar-refractivity contribution in [3.63, 3.8) is 0 Å². The first-order chi connectivity index (χ1) is 14.4. The van der Waals surface area contributed by atoms with Crippen molar-refractivity contribution >= 4 is 40.3 Å². The molecule has 30 heavy (non-hydrogen) atoms. The van der Waals surface area contributed by atoms with Crippen molar-refractivity contribution in [2.45, 2.75) is 6.92 Å². The fraction of sp³-hybridized carbons (Fsp3) is 0.200. The fourth-order valence-electron chi connectivity index (χ4n) is 2.78. The lowest BCUT2D eigenvalue weighted by molar-refractivity contribution is -0.386. The number of amidine groups is 1. The van der Waals surface area contributed by atoms with Crippen LogP contribution in [0.3, 0.4) is 0 Å². The fourth-order valence-corrected chi connectivity index (χ4v) is 3.84. The number of amides is 1. The van der Waals surface area contributed by atoms with E-state index in [0.717, 1.165) is 0 Å². The molecule has 1 aliphatic heterocycles. The number of carbonyl (C=O) groups is 1. The summed E-state index contributed by atoms with van der Waals surface area (Å²) in [7, 11) is 2.87. The molecule has 0 bridgehead atoms. The minimum atomic E-state index is -0.710. The molecule has 1 amide bonds. The van der Waals surface area contributed by atoms with Crippen LogP contribution in [0.25, 0.3) is 6.08 Å². The maximum Gasteiger partial charge on any atom is 0.315 e. The second-order valence-corrected chi connectivity index (χ2v) is 7.11. The molecule has 9 nitrogen and oxygen atoms in total. The predicted molar refractivity (Wildman–Crippen MR) is 114 cm³/mol. The molecular weight excluding hydrogens is 410 g/mol. The van der Waals surface area contributed by atoms with E-state index in [1.165, 1.54) is 42.0 Å². The quantitative estimate of drug-likeness (QED) is 0.420. The molecule has 156 valence electrons. The average Bonchev–Trinajstić information content (AvgIpc) is 3.03. The minimum Gasteiger partial charge on any atom is -0.500 e. The third-order valence-electron chi connectivity index (χ3n) is 4.29. The van der Waals surface area contributed by atoms with E-state index < -0.39 is 16.4 Å². The van der Waals surface area contributed by atoms with Crippen molar-refractivity contribution in [2.75, 3.05) is 20.8 Å². The zero-order valence-corrected chi connectivity index (χ0v) is 17.3. The number of aliphatic imine (C=N–C) groups is 1. The number of nitro groups is 1. The molecule has 0 saturated carbocycles. The third-order valence-corrected chi connectivity index (χ3v) is 5.30. The molecule has 1 fully saturated rings. The van der Waals surface area contributed by atoms with E-state index >= 15 is 0 Å². The maximum atomic E-state index is 12.8. The van der Waals surface area contributed by atoms with Crippen LogP contribution in [0.15, 0.2) is 46.3 Å². The Morgan fingerprint density at radius 2 is 1.93 bits per heavy atom. The molecule has 0 spiro atoms. The number of hydrogen-bond acceptors (Lipinski definition) is 8. The predicted octanol–water partition coefficient (Wildman–Crippen LogP) is 3.94. The van der Waals surface area contributed by atoms with Crippen LogP contribution < -0.4 is 9.47 Å². The van der Waals surface area contributed by atoms with Crippen molar-refractivity contribution < 1.29 is 24.3 Å². The number of benzene rings is 2. The van der Waals surface area contributed by atoms with Crippen LogP contribution >= 0.6 is 11.8 Å². The van der Waals surface area contributed by atoms with Crippen LogP contribution in [-0.2, 0) is 4.79 Å². The number of methoxy groups -OCH3 is 2. The van der Waals surface area contributed by atoms with Crippen LogP contribution in [0.1, 0.15) is 12.5 Å². The van der Waals surface area contributed by atoms with Gasteiger partial charge in [0, 0.05) is 12.6 Å². The Morgan fingerprint density at radius 1 is 1.23 bits per heavy atom. The Bertz CT molecular complexity index is 1050. The van der Waals surface area contributed by atoms with Crippen LogP contribution in [0.2, 0.25) is 0 Å². The molecule has 0 aromatic heterocycles. The average molecular weight is 429 g/mol. The zero-order chi connectivity index (χ0) is 21.8. The van der Waals surface area contributed by atoms with E-state index in [4.69, 9.17) is 9.47 Å². The molecule has 0 unspecified atom stereocenters. The Kier molecular flexibility index (Phi) is 6.26. The van der Waals surface area contributed by atoms with Gasteiger partial charge < -0.3 is 14.6 Å². The van der Waals surface area contributed by atoms with Crippen molar-refractivity contribution in [2.24, 2.45) is 4.99 Å². The maximum absolute atomic E-state index is 12.8. The highest BCUT2D eigenvalue weighted by molar-refractivity contribution is 8.18. The summed E-state index contributed by atoms with van der Waals surface area (Å²) >= 11 is 1.17. The van der Waals surface area contributed by atoms with E-state index in [1.54, 1.807) is 31.4 Å². The van der Waals surface area contributed by atoms with Gasteiger partial charge in [-0.15, -0.1) is 0 Å². The SMILES string of the molecule is CCN1C(=O)/C(=C/c2cc(OC)c(O)c([N+](=O)[O-])c2)SC1=Nc1ccc(OC)cc1. The van der Waals surface area contributed by atoms with Crippen molar-refractivity contribution in [3.8, 4) is 17.2 Å². The number of aromatic hydroxyl groups is 1. The standard InChI is InChI=1S/C20H19N3O6S/c1-4-22-19(25)17(30-20(22)21-13-5-7-14(28-2)8-6-13)11-12-9-15(23(26)27)18(24)16(10-12)29-3/h5-11,24H,4H2,1-3H3/b17-11-,21-20?. The molecule has 2 aromatic rings. The number of nitrogens with zero attached hydrogens (tertiary/aromatic N) is 3. The van der Waals surface area contributed by atoms with Crippen molar-refractivity contribution in [1.29, 1.82) is 0 Å². The highest BCUT2D eigenvalue weighted by Gasteiger charge is 2.32. The minimum absolute atomic E-state index is 0.0500. The Hall–Kier alpha value is -3.53. The first kappa shape index (κ1) is 21.2. The third kappa shape index (κ3) is 4.23. The summed E-state index contributed by atoms with van der Waals surface area (Å²) < 4.78 is 10.1. The lowest BCUT2D eigenvalue weighted by Gasteiger charge is -2.12. The second-order valence-electron chi connectivity index (χ2n) is 6.10. The van der Waals surface area contributed by atoms with E-state index in [9.17, 15) is 20.0 Å². The summed E-state index contributed by atoms with van der Waals surface area (Å²) in [5.41, 5.74) is 0.512. The van der Waals surface area contributed by atoms with Crippen LogP contribution in [0, 0.1) is 10.1 Å². The molecule has 1 aliphatic rings. The number of carbonyl (C=O) groups excluding carboxylic acids is 1. The van der Waals surface area contributed by atoms with E-state index in [2.05, 4.69) is 4.99 Å².